The van der Waals surface area contributed by atoms with Gasteiger partial charge in [-0.3, -0.25) is 9.36 Å². The Morgan fingerprint density at radius 2 is 2.00 bits per heavy atom. The van der Waals surface area contributed by atoms with Crippen molar-refractivity contribution in [2.24, 2.45) is 0 Å². The molecule has 0 bridgehead atoms. The summed E-state index contributed by atoms with van der Waals surface area (Å²) in [7, 11) is 0. The van der Waals surface area contributed by atoms with Gasteiger partial charge in [-0.2, -0.15) is 0 Å². The van der Waals surface area contributed by atoms with Crippen LogP contribution in [0.2, 0.25) is 0 Å². The number of hydrogen-bond donors (Lipinski definition) is 0. The second kappa shape index (κ2) is 7.37. The third-order valence-corrected chi connectivity index (χ3v) is 5.21. The number of esters is 1. The fourth-order valence-electron chi connectivity index (χ4n) is 2.56. The van der Waals surface area contributed by atoms with E-state index in [9.17, 15) is 14.0 Å². The molecule has 0 amide bonds. The van der Waals surface area contributed by atoms with Crippen LogP contribution in [0.5, 0.6) is 0 Å². The summed E-state index contributed by atoms with van der Waals surface area (Å²) in [4.78, 5) is 30.2. The zero-order valence-electron chi connectivity index (χ0n) is 14.7. The first-order valence-corrected chi connectivity index (χ1v) is 9.25. The lowest BCUT2D eigenvalue weighted by atomic mass is 10.1. The minimum Gasteiger partial charge on any atom is -0.461 e. The van der Waals surface area contributed by atoms with Gasteiger partial charge in [-0.15, -0.1) is 11.3 Å². The number of carbonyl (C=O) groups is 1. The Hall–Kier alpha value is -2.54. The maximum Gasteiger partial charge on any atom is 0.329 e. The highest BCUT2D eigenvalue weighted by atomic mass is 32.1. The molecular formula is C19H19FN2O3S. The summed E-state index contributed by atoms with van der Waals surface area (Å²) in [6.45, 7) is 5.34. The van der Waals surface area contributed by atoms with E-state index in [2.05, 4.69) is 4.98 Å². The van der Waals surface area contributed by atoms with E-state index in [0.29, 0.717) is 22.2 Å². The lowest BCUT2D eigenvalue weighted by Gasteiger charge is -2.17. The fourth-order valence-corrected chi connectivity index (χ4v) is 3.46. The number of carbonyl (C=O) groups excluding carboxylic acids is 1. The zero-order valence-corrected chi connectivity index (χ0v) is 15.5. The van der Waals surface area contributed by atoms with Gasteiger partial charge in [0.1, 0.15) is 16.7 Å². The second-order valence-electron chi connectivity index (χ2n) is 6.13. The molecule has 0 radical (unpaired) electrons. The van der Waals surface area contributed by atoms with Gasteiger partial charge in [0.05, 0.1) is 17.8 Å². The molecule has 0 saturated carbocycles. The Bertz CT molecular complexity index is 994. The molecule has 0 aliphatic heterocycles. The van der Waals surface area contributed by atoms with Crippen molar-refractivity contribution in [3.63, 3.8) is 0 Å². The van der Waals surface area contributed by atoms with Gasteiger partial charge >= 0.3 is 5.97 Å². The van der Waals surface area contributed by atoms with Gasteiger partial charge in [-0.05, 0) is 38.0 Å². The Morgan fingerprint density at radius 3 is 2.65 bits per heavy atom. The highest BCUT2D eigenvalue weighted by Gasteiger charge is 2.22. The molecule has 136 valence electrons. The second-order valence-corrected chi connectivity index (χ2v) is 6.98. The highest BCUT2D eigenvalue weighted by Crippen LogP contribution is 2.31. The van der Waals surface area contributed by atoms with Crippen LogP contribution in [0.3, 0.4) is 0 Å². The van der Waals surface area contributed by atoms with E-state index in [1.54, 1.807) is 26.0 Å². The molecule has 7 heteroatoms. The number of ether oxygens (including phenoxy) is 1. The molecule has 0 N–H and O–H groups in total. The number of nitrogens with zero attached hydrogens (tertiary/aromatic N) is 2. The van der Waals surface area contributed by atoms with Crippen LogP contribution in [0.15, 0.2) is 40.8 Å². The molecule has 1 aromatic carbocycles. The summed E-state index contributed by atoms with van der Waals surface area (Å²) in [5, 5.41) is 2.24. The van der Waals surface area contributed by atoms with E-state index in [1.165, 1.54) is 34.4 Å². The first-order chi connectivity index (χ1) is 12.4. The van der Waals surface area contributed by atoms with Gasteiger partial charge < -0.3 is 4.74 Å². The molecule has 3 rings (SSSR count). The zero-order chi connectivity index (χ0) is 18.8. The van der Waals surface area contributed by atoms with Crippen LogP contribution in [0.25, 0.3) is 21.3 Å². The molecule has 0 saturated heterocycles. The van der Waals surface area contributed by atoms with Crippen molar-refractivity contribution in [3.05, 3.63) is 52.1 Å². The summed E-state index contributed by atoms with van der Waals surface area (Å²) in [6, 6.07) is 5.15. The van der Waals surface area contributed by atoms with Crippen LogP contribution in [0.4, 0.5) is 4.39 Å². The number of thiophene rings is 1. The molecule has 0 fully saturated rings. The average molecular weight is 374 g/mol. The van der Waals surface area contributed by atoms with Crippen molar-refractivity contribution in [1.29, 1.82) is 0 Å². The molecule has 5 nitrogen and oxygen atoms in total. The Kier molecular flexibility index (Phi) is 5.18. The number of aromatic nitrogens is 2. The van der Waals surface area contributed by atoms with Crippen molar-refractivity contribution >= 4 is 27.5 Å². The molecule has 2 atom stereocenters. The van der Waals surface area contributed by atoms with Crippen LogP contribution >= 0.6 is 11.3 Å². The lowest BCUT2D eigenvalue weighted by molar-refractivity contribution is -0.152. The van der Waals surface area contributed by atoms with E-state index in [4.69, 9.17) is 4.74 Å². The average Bonchev–Trinajstić information content (AvgIpc) is 3.07. The molecule has 26 heavy (non-hydrogen) atoms. The van der Waals surface area contributed by atoms with Gasteiger partial charge in [0, 0.05) is 10.9 Å². The van der Waals surface area contributed by atoms with E-state index in [-0.39, 0.29) is 17.5 Å². The number of rotatable bonds is 5. The van der Waals surface area contributed by atoms with Crippen molar-refractivity contribution in [1.82, 2.24) is 9.55 Å². The molecule has 0 spiro atoms. The largest absolute Gasteiger partial charge is 0.461 e. The van der Waals surface area contributed by atoms with Gasteiger partial charge in [0.15, 0.2) is 0 Å². The quantitative estimate of drug-likeness (QED) is 0.629. The van der Waals surface area contributed by atoms with Gasteiger partial charge in [0.2, 0.25) is 0 Å². The monoisotopic (exact) mass is 374 g/mol. The van der Waals surface area contributed by atoms with Crippen molar-refractivity contribution in [2.45, 2.75) is 39.3 Å². The SMILES string of the molecule is CC[C@@H](C)OC(=O)[C@H](C)n1cnc2scc(-c3ccc(F)cc3)c2c1=O. The summed E-state index contributed by atoms with van der Waals surface area (Å²) in [5.41, 5.74) is 1.09. The Balaban J connectivity index is 2.05. The van der Waals surface area contributed by atoms with Crippen LogP contribution in [-0.4, -0.2) is 21.6 Å². The van der Waals surface area contributed by atoms with Gasteiger partial charge in [-0.25, -0.2) is 14.2 Å². The van der Waals surface area contributed by atoms with E-state index < -0.39 is 12.0 Å². The predicted octanol–water partition coefficient (Wildman–Crippen LogP) is 4.17. The number of halogens is 1. The molecule has 0 aliphatic carbocycles. The predicted molar refractivity (Wildman–Crippen MR) is 99.8 cm³/mol. The minimum absolute atomic E-state index is 0.215. The van der Waals surface area contributed by atoms with Crippen LogP contribution in [0.1, 0.15) is 33.2 Å². The maximum atomic E-state index is 13.2. The maximum absolute atomic E-state index is 13.2. The topological polar surface area (TPSA) is 61.2 Å². The van der Waals surface area contributed by atoms with Crippen LogP contribution in [-0.2, 0) is 9.53 Å². The minimum atomic E-state index is -0.783. The molecule has 0 aliphatic rings. The summed E-state index contributed by atoms with van der Waals surface area (Å²) >= 11 is 1.34. The number of benzene rings is 1. The van der Waals surface area contributed by atoms with Crippen molar-refractivity contribution in [2.75, 3.05) is 0 Å². The summed E-state index contributed by atoms with van der Waals surface area (Å²) < 4.78 is 19.8. The first kappa shape index (κ1) is 18.3. The van der Waals surface area contributed by atoms with Gasteiger partial charge in [0.25, 0.3) is 5.56 Å². The molecule has 0 unspecified atom stereocenters. The normalized spacial score (nSPS) is 13.5. The smallest absolute Gasteiger partial charge is 0.329 e. The molecule has 2 heterocycles. The van der Waals surface area contributed by atoms with Crippen LogP contribution < -0.4 is 5.56 Å². The standard InChI is InChI=1S/C19H19FN2O3S/c1-4-11(2)25-19(24)12(3)22-10-21-17-16(18(22)23)15(9-26-17)13-5-7-14(20)8-6-13/h5-12H,4H2,1-3H3/t11-,12+/m1/s1. The molecule has 3 aromatic rings. The summed E-state index contributed by atoms with van der Waals surface area (Å²) in [6.07, 6.45) is 1.86. The Labute approximate surface area is 154 Å². The Morgan fingerprint density at radius 1 is 1.31 bits per heavy atom. The first-order valence-electron chi connectivity index (χ1n) is 8.37. The molecular weight excluding hydrogens is 355 g/mol. The highest BCUT2D eigenvalue weighted by molar-refractivity contribution is 7.17. The third kappa shape index (κ3) is 3.39. The lowest BCUT2D eigenvalue weighted by Crippen LogP contribution is -2.31. The van der Waals surface area contributed by atoms with Crippen molar-refractivity contribution < 1.29 is 13.9 Å². The third-order valence-electron chi connectivity index (χ3n) is 4.33. The number of hydrogen-bond acceptors (Lipinski definition) is 5. The molecule has 2 aromatic heterocycles. The number of fused-ring (bicyclic) bond motifs is 1. The van der Waals surface area contributed by atoms with Gasteiger partial charge in [-0.1, -0.05) is 19.1 Å². The van der Waals surface area contributed by atoms with Crippen molar-refractivity contribution in [3.8, 4) is 11.1 Å². The van der Waals surface area contributed by atoms with E-state index >= 15 is 0 Å². The summed E-state index contributed by atoms with van der Waals surface area (Å²) in [5.74, 6) is -0.814. The van der Waals surface area contributed by atoms with E-state index in [1.807, 2.05) is 12.3 Å². The van der Waals surface area contributed by atoms with E-state index in [0.717, 1.165) is 5.56 Å². The fraction of sp³-hybridized carbons (Fsp3) is 0.316. The van der Waals surface area contributed by atoms with Crippen LogP contribution in [0, 0.1) is 5.82 Å².